The maximum Gasteiger partial charge on any atom is 0.338 e. The van der Waals surface area contributed by atoms with Crippen LogP contribution < -0.4 is 18.9 Å². The van der Waals surface area contributed by atoms with Gasteiger partial charge in [-0.2, -0.15) is 0 Å². The fraction of sp³-hybridized carbons (Fsp3) is 0.222. The van der Waals surface area contributed by atoms with Gasteiger partial charge < -0.3 is 23.7 Å². The van der Waals surface area contributed by atoms with Gasteiger partial charge in [-0.15, -0.1) is 0 Å². The van der Waals surface area contributed by atoms with E-state index in [1.165, 1.54) is 26.4 Å². The summed E-state index contributed by atoms with van der Waals surface area (Å²) in [6.45, 7) is -0.313. The predicted molar refractivity (Wildman–Crippen MR) is 91.7 cm³/mol. The number of Topliss-reactive ketones (excluding diaryl/α,β-unsaturated/α-hetero) is 1. The lowest BCUT2D eigenvalue weighted by Gasteiger charge is -2.11. The lowest BCUT2D eigenvalue weighted by molar-refractivity contribution is 0.0474. The number of fused-ring (bicyclic) bond motifs is 1. The van der Waals surface area contributed by atoms with Crippen molar-refractivity contribution in [3.8, 4) is 23.0 Å². The third-order valence-corrected chi connectivity index (χ3v) is 3.98. The summed E-state index contributed by atoms with van der Waals surface area (Å²) in [5.41, 5.74) is 0.499. The summed E-state index contributed by atoms with van der Waals surface area (Å²) in [5, 5.41) is 0.195. The number of carbonyl (C=O) groups is 2. The number of hydrogen-bond acceptors (Lipinski definition) is 7. The van der Waals surface area contributed by atoms with Crippen LogP contribution in [0.15, 0.2) is 30.3 Å². The quantitative estimate of drug-likeness (QED) is 0.564. The number of methoxy groups -OCH3 is 2. The molecule has 0 N–H and O–H groups in total. The van der Waals surface area contributed by atoms with E-state index >= 15 is 0 Å². The average molecular weight is 379 g/mol. The number of rotatable bonds is 6. The van der Waals surface area contributed by atoms with E-state index in [1.54, 1.807) is 18.2 Å². The van der Waals surface area contributed by atoms with Crippen molar-refractivity contribution in [2.75, 3.05) is 27.6 Å². The van der Waals surface area contributed by atoms with Gasteiger partial charge in [-0.25, -0.2) is 4.79 Å². The van der Waals surface area contributed by atoms with Crippen molar-refractivity contribution in [3.05, 3.63) is 46.5 Å². The second kappa shape index (κ2) is 7.53. The lowest BCUT2D eigenvalue weighted by atomic mass is 10.1. The van der Waals surface area contributed by atoms with Crippen molar-refractivity contribution >= 4 is 23.4 Å². The van der Waals surface area contributed by atoms with Gasteiger partial charge in [0.25, 0.3) is 0 Å². The lowest BCUT2D eigenvalue weighted by Crippen LogP contribution is -2.14. The molecule has 0 radical (unpaired) electrons. The molecule has 0 aliphatic carbocycles. The molecule has 7 nitrogen and oxygen atoms in total. The van der Waals surface area contributed by atoms with Crippen molar-refractivity contribution < 1.29 is 33.3 Å². The van der Waals surface area contributed by atoms with Gasteiger partial charge in [0.05, 0.1) is 24.8 Å². The van der Waals surface area contributed by atoms with Gasteiger partial charge in [-0.05, 0) is 30.3 Å². The molecule has 136 valence electrons. The number of halogens is 1. The second-order valence-corrected chi connectivity index (χ2v) is 5.67. The van der Waals surface area contributed by atoms with E-state index in [4.69, 9.17) is 35.3 Å². The smallest absolute Gasteiger partial charge is 0.338 e. The first-order chi connectivity index (χ1) is 12.5. The Labute approximate surface area is 154 Å². The zero-order valence-electron chi connectivity index (χ0n) is 14.0. The molecule has 0 saturated carbocycles. The van der Waals surface area contributed by atoms with Crippen LogP contribution in [0.4, 0.5) is 0 Å². The molecule has 0 fully saturated rings. The van der Waals surface area contributed by atoms with Crippen LogP contribution in [0.1, 0.15) is 20.7 Å². The Morgan fingerprint density at radius 2 is 1.81 bits per heavy atom. The van der Waals surface area contributed by atoms with E-state index in [2.05, 4.69) is 0 Å². The summed E-state index contributed by atoms with van der Waals surface area (Å²) in [4.78, 5) is 24.4. The highest BCUT2D eigenvalue weighted by Gasteiger charge is 2.19. The fourth-order valence-electron chi connectivity index (χ4n) is 2.40. The standard InChI is InChI=1S/C18H15ClO7/c1-22-16-7-11(5-12(19)17(16)23-2)18(21)24-8-13(20)10-3-4-14-15(6-10)26-9-25-14/h3-7H,8-9H2,1-2H3. The SMILES string of the molecule is COc1cc(C(=O)OCC(=O)c2ccc3c(c2)OCO3)cc(Cl)c1OC. The molecule has 1 aliphatic heterocycles. The maximum absolute atomic E-state index is 12.2. The third kappa shape index (κ3) is 3.52. The molecule has 3 rings (SSSR count). The van der Waals surface area contributed by atoms with Gasteiger partial charge in [-0.3, -0.25) is 4.79 Å². The minimum absolute atomic E-state index is 0.113. The van der Waals surface area contributed by atoms with E-state index in [-0.39, 0.29) is 28.9 Å². The molecule has 0 amide bonds. The fourth-order valence-corrected chi connectivity index (χ4v) is 2.69. The molecular formula is C18H15ClO7. The summed E-state index contributed by atoms with van der Waals surface area (Å²) in [6, 6.07) is 7.57. The maximum atomic E-state index is 12.2. The van der Waals surface area contributed by atoms with E-state index < -0.39 is 12.6 Å². The molecule has 0 aromatic heterocycles. The zero-order valence-corrected chi connectivity index (χ0v) is 14.8. The first-order valence-electron chi connectivity index (χ1n) is 7.55. The Morgan fingerprint density at radius 1 is 1.04 bits per heavy atom. The Hall–Kier alpha value is -2.93. The van der Waals surface area contributed by atoms with Crippen LogP contribution in [0, 0.1) is 0 Å². The monoisotopic (exact) mass is 378 g/mol. The first kappa shape index (κ1) is 17.9. The molecule has 26 heavy (non-hydrogen) atoms. The molecular weight excluding hydrogens is 364 g/mol. The van der Waals surface area contributed by atoms with Crippen LogP contribution in [0.3, 0.4) is 0 Å². The van der Waals surface area contributed by atoms with Crippen LogP contribution >= 0.6 is 11.6 Å². The third-order valence-electron chi connectivity index (χ3n) is 3.70. The Kier molecular flexibility index (Phi) is 5.18. The average Bonchev–Trinajstić information content (AvgIpc) is 3.12. The molecule has 2 aromatic rings. The summed E-state index contributed by atoms with van der Waals surface area (Å²) in [5.74, 6) is 0.564. The minimum Gasteiger partial charge on any atom is -0.493 e. The number of benzene rings is 2. The Bertz CT molecular complexity index is 863. The van der Waals surface area contributed by atoms with Crippen LogP contribution in [-0.2, 0) is 4.74 Å². The predicted octanol–water partition coefficient (Wildman–Crippen LogP) is 3.13. The Morgan fingerprint density at radius 3 is 2.54 bits per heavy atom. The molecule has 2 aromatic carbocycles. The van der Waals surface area contributed by atoms with Gasteiger partial charge in [-0.1, -0.05) is 11.6 Å². The van der Waals surface area contributed by atoms with Crippen LogP contribution in [-0.4, -0.2) is 39.4 Å². The Balaban J connectivity index is 1.69. The van der Waals surface area contributed by atoms with Crippen LogP contribution in [0.5, 0.6) is 23.0 Å². The van der Waals surface area contributed by atoms with Gasteiger partial charge in [0.15, 0.2) is 35.4 Å². The molecule has 0 bridgehead atoms. The number of esters is 1. The number of ketones is 1. The highest BCUT2D eigenvalue weighted by atomic mass is 35.5. The van der Waals surface area contributed by atoms with Crippen LogP contribution in [0.25, 0.3) is 0 Å². The molecule has 0 unspecified atom stereocenters. The topological polar surface area (TPSA) is 80.3 Å². The molecule has 8 heteroatoms. The second-order valence-electron chi connectivity index (χ2n) is 5.26. The molecule has 0 atom stereocenters. The summed E-state index contributed by atoms with van der Waals surface area (Å²) in [7, 11) is 2.86. The summed E-state index contributed by atoms with van der Waals surface area (Å²) < 4.78 is 25.7. The van der Waals surface area contributed by atoms with Gasteiger partial charge >= 0.3 is 5.97 Å². The largest absolute Gasteiger partial charge is 0.493 e. The van der Waals surface area contributed by atoms with E-state index in [0.717, 1.165) is 0 Å². The minimum atomic E-state index is -0.707. The normalized spacial score (nSPS) is 11.8. The van der Waals surface area contributed by atoms with Gasteiger partial charge in [0.2, 0.25) is 6.79 Å². The van der Waals surface area contributed by atoms with Crippen molar-refractivity contribution in [2.24, 2.45) is 0 Å². The number of ether oxygens (including phenoxy) is 5. The van der Waals surface area contributed by atoms with Crippen molar-refractivity contribution in [3.63, 3.8) is 0 Å². The first-order valence-corrected chi connectivity index (χ1v) is 7.92. The van der Waals surface area contributed by atoms with Gasteiger partial charge in [0.1, 0.15) is 0 Å². The van der Waals surface area contributed by atoms with E-state index in [1.807, 2.05) is 0 Å². The van der Waals surface area contributed by atoms with Gasteiger partial charge in [0, 0.05) is 5.56 Å². The van der Waals surface area contributed by atoms with E-state index in [0.29, 0.717) is 22.8 Å². The summed E-state index contributed by atoms with van der Waals surface area (Å²) in [6.07, 6.45) is 0. The highest BCUT2D eigenvalue weighted by molar-refractivity contribution is 6.32. The molecule has 0 spiro atoms. The highest BCUT2D eigenvalue weighted by Crippen LogP contribution is 2.36. The van der Waals surface area contributed by atoms with Crippen molar-refractivity contribution in [2.45, 2.75) is 0 Å². The number of hydrogen-bond donors (Lipinski definition) is 0. The van der Waals surface area contributed by atoms with Crippen LogP contribution in [0.2, 0.25) is 5.02 Å². The summed E-state index contributed by atoms with van der Waals surface area (Å²) >= 11 is 6.06. The molecule has 0 saturated heterocycles. The van der Waals surface area contributed by atoms with Crippen molar-refractivity contribution in [1.82, 2.24) is 0 Å². The molecule has 1 aliphatic rings. The van der Waals surface area contributed by atoms with Crippen molar-refractivity contribution in [1.29, 1.82) is 0 Å². The van der Waals surface area contributed by atoms with E-state index in [9.17, 15) is 9.59 Å². The molecule has 1 heterocycles. The number of carbonyl (C=O) groups excluding carboxylic acids is 2. The zero-order chi connectivity index (χ0) is 18.7.